The molecule has 6 nitrogen and oxygen atoms in total. The topological polar surface area (TPSA) is 64.9 Å². The molecule has 0 aliphatic heterocycles. The first kappa shape index (κ1) is 15.4. The molecule has 21 heavy (non-hydrogen) atoms. The van der Waals surface area contributed by atoms with Gasteiger partial charge in [-0.05, 0) is 41.9 Å². The molecule has 7 heteroatoms. The van der Waals surface area contributed by atoms with Crippen molar-refractivity contribution in [3.05, 3.63) is 29.8 Å². The predicted molar refractivity (Wildman–Crippen MR) is 76.9 cm³/mol. The molecule has 1 aromatic carbocycles. The summed E-state index contributed by atoms with van der Waals surface area (Å²) in [6, 6.07) is 4.24. The van der Waals surface area contributed by atoms with Crippen molar-refractivity contribution in [1.82, 2.24) is 25.5 Å². The lowest BCUT2D eigenvalue weighted by molar-refractivity contribution is 0.406. The number of rotatable bonds is 6. The molecule has 1 N–H and O–H groups in total. The molecule has 0 bridgehead atoms. The number of hydrogen-bond donors (Lipinski definition) is 1. The number of methoxy groups -OCH3 is 1. The maximum Gasteiger partial charge on any atom is 0.173 e. The molecule has 0 saturated carbocycles. The molecule has 2 aromatic rings. The predicted octanol–water partition coefficient (Wildman–Crippen LogP) is 2.12. The van der Waals surface area contributed by atoms with Crippen molar-refractivity contribution in [3.63, 3.8) is 0 Å². The summed E-state index contributed by atoms with van der Waals surface area (Å²) in [4.78, 5) is 0. The molecule has 114 valence electrons. The van der Waals surface area contributed by atoms with E-state index in [2.05, 4.69) is 34.7 Å². The van der Waals surface area contributed by atoms with Crippen molar-refractivity contribution in [2.75, 3.05) is 13.7 Å². The van der Waals surface area contributed by atoms with Gasteiger partial charge in [0.1, 0.15) is 17.3 Å². The molecule has 0 fully saturated rings. The van der Waals surface area contributed by atoms with Crippen molar-refractivity contribution in [1.29, 1.82) is 0 Å². The Bertz CT molecular complexity index is 599. The fourth-order valence-electron chi connectivity index (χ4n) is 1.97. The van der Waals surface area contributed by atoms with E-state index in [-0.39, 0.29) is 11.9 Å². The van der Waals surface area contributed by atoms with Crippen LogP contribution >= 0.6 is 0 Å². The third-order valence-corrected chi connectivity index (χ3v) is 3.08. The van der Waals surface area contributed by atoms with Gasteiger partial charge >= 0.3 is 0 Å². The number of aromatic nitrogens is 4. The van der Waals surface area contributed by atoms with Crippen LogP contribution in [-0.4, -0.2) is 33.9 Å². The fraction of sp³-hybridized carbons (Fsp3) is 0.500. The summed E-state index contributed by atoms with van der Waals surface area (Å²) < 4.78 is 20.1. The maximum absolute atomic E-state index is 13.3. The monoisotopic (exact) mass is 293 g/mol. The van der Waals surface area contributed by atoms with Gasteiger partial charge in [0.25, 0.3) is 0 Å². The normalized spacial score (nSPS) is 12.7. The standard InChI is InChI=1S/C14H20FN5O/c1-9(2)8-16-10(3)14-17-18-19-20(14)12-6-5-11(15)7-13(12)21-4/h5-7,9-10,16H,8H2,1-4H3. The van der Waals surface area contributed by atoms with Crippen LogP contribution in [0.1, 0.15) is 32.6 Å². The molecule has 0 aliphatic carbocycles. The van der Waals surface area contributed by atoms with Gasteiger partial charge in [0, 0.05) is 6.07 Å². The lowest BCUT2D eigenvalue weighted by Gasteiger charge is -2.16. The van der Waals surface area contributed by atoms with Crippen molar-refractivity contribution >= 4 is 0 Å². The molecule has 1 heterocycles. The molecule has 1 unspecified atom stereocenters. The third kappa shape index (κ3) is 3.55. The van der Waals surface area contributed by atoms with Crippen LogP contribution in [0, 0.1) is 11.7 Å². The van der Waals surface area contributed by atoms with E-state index < -0.39 is 0 Å². The molecule has 1 atom stereocenters. The molecule has 0 aliphatic rings. The third-order valence-electron chi connectivity index (χ3n) is 3.08. The number of nitrogens with zero attached hydrogens (tertiary/aromatic N) is 4. The van der Waals surface area contributed by atoms with Crippen LogP contribution in [0.2, 0.25) is 0 Å². The molecule has 0 saturated heterocycles. The summed E-state index contributed by atoms with van der Waals surface area (Å²) in [7, 11) is 1.49. The first-order chi connectivity index (χ1) is 10.0. The molecule has 0 radical (unpaired) electrons. The van der Waals surface area contributed by atoms with E-state index >= 15 is 0 Å². The summed E-state index contributed by atoms with van der Waals surface area (Å²) in [6.07, 6.45) is 0. The van der Waals surface area contributed by atoms with E-state index in [4.69, 9.17) is 4.74 Å². The van der Waals surface area contributed by atoms with Gasteiger partial charge in [-0.25, -0.2) is 4.39 Å². The second-order valence-corrected chi connectivity index (χ2v) is 5.29. The lowest BCUT2D eigenvalue weighted by atomic mass is 10.2. The van der Waals surface area contributed by atoms with Crippen molar-refractivity contribution in [2.45, 2.75) is 26.8 Å². The minimum absolute atomic E-state index is 0.0304. The number of halogens is 1. The minimum atomic E-state index is -0.365. The smallest absolute Gasteiger partial charge is 0.173 e. The highest BCUT2D eigenvalue weighted by Gasteiger charge is 2.18. The number of nitrogens with one attached hydrogen (secondary N) is 1. The lowest BCUT2D eigenvalue weighted by Crippen LogP contribution is -2.25. The largest absolute Gasteiger partial charge is 0.494 e. The highest BCUT2D eigenvalue weighted by Crippen LogP contribution is 2.25. The number of benzene rings is 1. The van der Waals surface area contributed by atoms with Gasteiger partial charge in [0.2, 0.25) is 0 Å². The molecule has 2 rings (SSSR count). The van der Waals surface area contributed by atoms with E-state index in [0.29, 0.717) is 23.2 Å². The SMILES string of the molecule is COc1cc(F)ccc1-n1nnnc1C(C)NCC(C)C. The summed E-state index contributed by atoms with van der Waals surface area (Å²) >= 11 is 0. The summed E-state index contributed by atoms with van der Waals surface area (Å²) in [6.45, 7) is 7.10. The zero-order valence-electron chi connectivity index (χ0n) is 12.7. The van der Waals surface area contributed by atoms with Crippen LogP contribution < -0.4 is 10.1 Å². The minimum Gasteiger partial charge on any atom is -0.494 e. The number of hydrogen-bond acceptors (Lipinski definition) is 5. The van der Waals surface area contributed by atoms with Crippen molar-refractivity contribution in [3.8, 4) is 11.4 Å². The molecular formula is C14H20FN5O. The second kappa shape index (κ2) is 6.62. The Hall–Kier alpha value is -2.02. The van der Waals surface area contributed by atoms with Crippen LogP contribution in [0.4, 0.5) is 4.39 Å². The van der Waals surface area contributed by atoms with E-state index in [1.54, 1.807) is 10.7 Å². The van der Waals surface area contributed by atoms with Gasteiger partial charge in [-0.1, -0.05) is 13.8 Å². The highest BCUT2D eigenvalue weighted by molar-refractivity contribution is 5.46. The van der Waals surface area contributed by atoms with E-state index in [1.807, 2.05) is 6.92 Å². The zero-order valence-corrected chi connectivity index (χ0v) is 12.7. The summed E-state index contributed by atoms with van der Waals surface area (Å²) in [5, 5.41) is 15.1. The van der Waals surface area contributed by atoms with Crippen LogP contribution in [0.3, 0.4) is 0 Å². The number of ether oxygens (including phenoxy) is 1. The second-order valence-electron chi connectivity index (χ2n) is 5.29. The van der Waals surface area contributed by atoms with Crippen LogP contribution in [-0.2, 0) is 0 Å². The Morgan fingerprint density at radius 1 is 1.33 bits per heavy atom. The first-order valence-corrected chi connectivity index (χ1v) is 6.88. The Labute approximate surface area is 123 Å². The quantitative estimate of drug-likeness (QED) is 0.883. The Kier molecular flexibility index (Phi) is 4.85. The van der Waals surface area contributed by atoms with Crippen LogP contribution in [0.25, 0.3) is 5.69 Å². The van der Waals surface area contributed by atoms with Crippen molar-refractivity contribution < 1.29 is 9.13 Å². The first-order valence-electron chi connectivity index (χ1n) is 6.88. The van der Waals surface area contributed by atoms with E-state index in [1.165, 1.54) is 19.2 Å². The fourth-order valence-corrected chi connectivity index (χ4v) is 1.97. The zero-order chi connectivity index (χ0) is 15.4. The Morgan fingerprint density at radius 3 is 2.76 bits per heavy atom. The summed E-state index contributed by atoms with van der Waals surface area (Å²) in [5.41, 5.74) is 0.608. The van der Waals surface area contributed by atoms with Crippen LogP contribution in [0.15, 0.2) is 18.2 Å². The van der Waals surface area contributed by atoms with Gasteiger partial charge in [-0.15, -0.1) is 5.10 Å². The molecule has 0 spiro atoms. The van der Waals surface area contributed by atoms with Crippen molar-refractivity contribution in [2.24, 2.45) is 5.92 Å². The van der Waals surface area contributed by atoms with E-state index in [9.17, 15) is 4.39 Å². The highest BCUT2D eigenvalue weighted by atomic mass is 19.1. The Balaban J connectivity index is 2.32. The molecular weight excluding hydrogens is 273 g/mol. The van der Waals surface area contributed by atoms with Crippen LogP contribution in [0.5, 0.6) is 5.75 Å². The average molecular weight is 293 g/mol. The Morgan fingerprint density at radius 2 is 2.10 bits per heavy atom. The van der Waals surface area contributed by atoms with E-state index in [0.717, 1.165) is 6.54 Å². The summed E-state index contributed by atoms with van der Waals surface area (Å²) in [5.74, 6) is 1.20. The molecule has 1 aromatic heterocycles. The van der Waals surface area contributed by atoms with Gasteiger partial charge < -0.3 is 10.1 Å². The van der Waals surface area contributed by atoms with Gasteiger partial charge in [0.15, 0.2) is 5.82 Å². The van der Waals surface area contributed by atoms with Gasteiger partial charge in [-0.3, -0.25) is 0 Å². The van der Waals surface area contributed by atoms with Gasteiger partial charge in [0.05, 0.1) is 13.2 Å². The van der Waals surface area contributed by atoms with Gasteiger partial charge in [-0.2, -0.15) is 4.68 Å². The number of tetrazole rings is 1. The average Bonchev–Trinajstić information content (AvgIpc) is 2.93. The maximum atomic E-state index is 13.3. The molecule has 0 amide bonds.